The van der Waals surface area contributed by atoms with Crippen molar-refractivity contribution in [3.05, 3.63) is 212 Å². The quantitative estimate of drug-likeness (QED) is 0.168. The molecule has 12 aromatic rings. The number of para-hydroxylation sites is 5. The lowest BCUT2D eigenvalue weighted by atomic mass is 10.0. The van der Waals surface area contributed by atoms with E-state index in [0.29, 0.717) is 0 Å². The van der Waals surface area contributed by atoms with Crippen LogP contribution < -0.4 is 0 Å². The minimum Gasteiger partial charge on any atom is -0.309 e. The summed E-state index contributed by atoms with van der Waals surface area (Å²) in [7, 11) is 0. The van der Waals surface area contributed by atoms with Crippen molar-refractivity contribution in [3.63, 3.8) is 0 Å². The second-order valence-electron chi connectivity index (χ2n) is 14.9. The number of rotatable bonds is 5. The van der Waals surface area contributed by atoms with E-state index in [4.69, 9.17) is 0 Å². The van der Waals surface area contributed by atoms with Crippen LogP contribution in [0.25, 0.3) is 105 Å². The van der Waals surface area contributed by atoms with Crippen molar-refractivity contribution in [2.24, 2.45) is 0 Å². The van der Waals surface area contributed by atoms with E-state index in [1.165, 1.54) is 93.4 Å². The maximum absolute atomic E-state index is 2.49. The van der Waals surface area contributed by atoms with E-state index >= 15 is 0 Å². The Bertz CT molecular complexity index is 3440. The SMILES string of the molecule is c1ccc(-c2ccc(-c3ccc(-n4c5ccccc5c5cccc(-n6c7ccccc7c7c(-n8c9ccccc9c9ccccc98)cccc76)c54)cc3)cc2)cc1. The van der Waals surface area contributed by atoms with Crippen LogP contribution in [0.3, 0.4) is 0 Å². The molecule has 12 rings (SSSR count). The van der Waals surface area contributed by atoms with Gasteiger partial charge in [0.05, 0.1) is 44.5 Å². The molecule has 0 N–H and O–H groups in total. The Morgan fingerprint density at radius 2 is 0.614 bits per heavy atom. The van der Waals surface area contributed by atoms with Gasteiger partial charge in [0.15, 0.2) is 0 Å². The van der Waals surface area contributed by atoms with Crippen molar-refractivity contribution in [1.29, 1.82) is 0 Å². The highest BCUT2D eigenvalue weighted by Crippen LogP contribution is 2.43. The Kier molecular flexibility index (Phi) is 6.93. The summed E-state index contributed by atoms with van der Waals surface area (Å²) in [6.45, 7) is 0. The number of fused-ring (bicyclic) bond motifs is 9. The fourth-order valence-corrected chi connectivity index (χ4v) is 9.37. The number of nitrogens with zero attached hydrogens (tertiary/aromatic N) is 3. The van der Waals surface area contributed by atoms with Crippen LogP contribution in [0.4, 0.5) is 0 Å². The molecule has 3 heteroatoms. The third kappa shape index (κ3) is 4.73. The molecule has 0 aliphatic heterocycles. The molecule has 0 unspecified atom stereocenters. The zero-order valence-corrected chi connectivity index (χ0v) is 31.0. The van der Waals surface area contributed by atoms with Gasteiger partial charge >= 0.3 is 0 Å². The van der Waals surface area contributed by atoms with Crippen molar-refractivity contribution < 1.29 is 0 Å². The first kappa shape index (κ1) is 31.7. The van der Waals surface area contributed by atoms with Crippen LogP contribution in [0.2, 0.25) is 0 Å². The molecule has 3 nitrogen and oxygen atoms in total. The number of aromatic nitrogens is 3. The second kappa shape index (κ2) is 12.5. The lowest BCUT2D eigenvalue weighted by Gasteiger charge is -2.15. The molecule has 0 aliphatic rings. The molecule has 266 valence electrons. The molecule has 0 atom stereocenters. The topological polar surface area (TPSA) is 14.8 Å². The molecular weight excluding hydrogens is 691 g/mol. The van der Waals surface area contributed by atoms with E-state index < -0.39 is 0 Å². The fourth-order valence-electron chi connectivity index (χ4n) is 9.37. The molecule has 57 heavy (non-hydrogen) atoms. The maximum atomic E-state index is 2.49. The highest BCUT2D eigenvalue weighted by molar-refractivity contribution is 6.18. The second-order valence-corrected chi connectivity index (χ2v) is 14.9. The van der Waals surface area contributed by atoms with Crippen LogP contribution in [0.15, 0.2) is 212 Å². The molecule has 3 heterocycles. The van der Waals surface area contributed by atoms with Gasteiger partial charge in [-0.3, -0.25) is 0 Å². The van der Waals surface area contributed by atoms with Crippen LogP contribution in [0, 0.1) is 0 Å². The van der Waals surface area contributed by atoms with Crippen LogP contribution in [-0.4, -0.2) is 13.7 Å². The number of hydrogen-bond donors (Lipinski definition) is 0. The molecular formula is C54H35N3. The van der Waals surface area contributed by atoms with Gasteiger partial charge in [-0.2, -0.15) is 0 Å². The standard InChI is InChI=1S/C54H35N3/c1-2-14-36(15-3-1)37-28-30-38(31-29-37)39-32-34-40(35-33-39)55-46-21-8-6-18-43(46)44-20-12-27-52(54(44)55)57-49-24-11-7-19-45(49)53-50(25-13-26-51(53)57)56-47-22-9-4-16-41(47)42-17-5-10-23-48(42)56/h1-35H. The van der Waals surface area contributed by atoms with Crippen LogP contribution >= 0.6 is 0 Å². The van der Waals surface area contributed by atoms with Gasteiger partial charge in [-0.05, 0) is 76.9 Å². The monoisotopic (exact) mass is 725 g/mol. The third-order valence-corrected chi connectivity index (χ3v) is 11.9. The van der Waals surface area contributed by atoms with Gasteiger partial charge in [0, 0.05) is 38.0 Å². The van der Waals surface area contributed by atoms with Crippen molar-refractivity contribution in [3.8, 4) is 39.3 Å². The average molecular weight is 726 g/mol. The van der Waals surface area contributed by atoms with Crippen molar-refractivity contribution >= 4 is 65.4 Å². The molecule has 0 bridgehead atoms. The van der Waals surface area contributed by atoms with E-state index in [0.717, 1.165) is 11.4 Å². The van der Waals surface area contributed by atoms with Crippen molar-refractivity contribution in [2.75, 3.05) is 0 Å². The zero-order valence-electron chi connectivity index (χ0n) is 31.0. The normalized spacial score (nSPS) is 11.9. The first-order valence-corrected chi connectivity index (χ1v) is 19.6. The third-order valence-electron chi connectivity index (χ3n) is 11.9. The molecule has 3 aromatic heterocycles. The van der Waals surface area contributed by atoms with E-state index in [9.17, 15) is 0 Å². The Labute approximate surface area is 329 Å². The van der Waals surface area contributed by atoms with Crippen molar-refractivity contribution in [2.45, 2.75) is 0 Å². The Morgan fingerprint density at radius 1 is 0.228 bits per heavy atom. The molecule has 9 aromatic carbocycles. The van der Waals surface area contributed by atoms with Gasteiger partial charge in [-0.25, -0.2) is 0 Å². The van der Waals surface area contributed by atoms with Gasteiger partial charge < -0.3 is 13.7 Å². The first-order chi connectivity index (χ1) is 28.3. The Morgan fingerprint density at radius 3 is 1.23 bits per heavy atom. The fraction of sp³-hybridized carbons (Fsp3) is 0. The summed E-state index contributed by atoms with van der Waals surface area (Å²) in [5.74, 6) is 0. The van der Waals surface area contributed by atoms with E-state index in [1.54, 1.807) is 0 Å². The maximum Gasteiger partial charge on any atom is 0.0782 e. The molecule has 0 saturated heterocycles. The van der Waals surface area contributed by atoms with Gasteiger partial charge in [0.1, 0.15) is 0 Å². The first-order valence-electron chi connectivity index (χ1n) is 19.6. The van der Waals surface area contributed by atoms with E-state index in [2.05, 4.69) is 226 Å². The largest absolute Gasteiger partial charge is 0.309 e. The van der Waals surface area contributed by atoms with E-state index in [-0.39, 0.29) is 0 Å². The Hall–Kier alpha value is -7.62. The predicted octanol–water partition coefficient (Wildman–Crippen LogP) is 14.3. The van der Waals surface area contributed by atoms with Crippen molar-refractivity contribution in [1.82, 2.24) is 13.7 Å². The summed E-state index contributed by atoms with van der Waals surface area (Å²) in [5.41, 5.74) is 15.5. The highest BCUT2D eigenvalue weighted by Gasteiger charge is 2.22. The highest BCUT2D eigenvalue weighted by atomic mass is 15.1. The van der Waals surface area contributed by atoms with Gasteiger partial charge in [-0.1, -0.05) is 158 Å². The molecule has 0 amide bonds. The minimum atomic E-state index is 1.13. The minimum absolute atomic E-state index is 1.13. The lowest BCUT2D eigenvalue weighted by molar-refractivity contribution is 1.13. The van der Waals surface area contributed by atoms with E-state index in [1.807, 2.05) is 0 Å². The number of hydrogen-bond acceptors (Lipinski definition) is 0. The average Bonchev–Trinajstić information content (AvgIpc) is 3.93. The van der Waals surface area contributed by atoms with Gasteiger partial charge in [-0.15, -0.1) is 0 Å². The van der Waals surface area contributed by atoms with Gasteiger partial charge in [0.2, 0.25) is 0 Å². The molecule has 0 fully saturated rings. The molecule has 0 saturated carbocycles. The summed E-state index contributed by atoms with van der Waals surface area (Å²) < 4.78 is 7.40. The summed E-state index contributed by atoms with van der Waals surface area (Å²) in [4.78, 5) is 0. The Balaban J connectivity index is 1.08. The van der Waals surface area contributed by atoms with Gasteiger partial charge in [0.25, 0.3) is 0 Å². The smallest absolute Gasteiger partial charge is 0.0782 e. The summed E-state index contributed by atoms with van der Waals surface area (Å²) in [6, 6.07) is 77.4. The summed E-state index contributed by atoms with van der Waals surface area (Å²) in [5, 5.41) is 7.46. The zero-order chi connectivity index (χ0) is 37.5. The van der Waals surface area contributed by atoms with Crippen LogP contribution in [0.5, 0.6) is 0 Å². The molecule has 0 spiro atoms. The lowest BCUT2D eigenvalue weighted by Crippen LogP contribution is -2.01. The number of benzene rings is 9. The van der Waals surface area contributed by atoms with Crippen LogP contribution in [-0.2, 0) is 0 Å². The predicted molar refractivity (Wildman–Crippen MR) is 240 cm³/mol. The summed E-state index contributed by atoms with van der Waals surface area (Å²) in [6.07, 6.45) is 0. The molecule has 0 aliphatic carbocycles. The molecule has 0 radical (unpaired) electrons. The summed E-state index contributed by atoms with van der Waals surface area (Å²) >= 11 is 0. The van der Waals surface area contributed by atoms with Crippen LogP contribution in [0.1, 0.15) is 0 Å².